The lowest BCUT2D eigenvalue weighted by Gasteiger charge is -2.46. The molecule has 2 rings (SSSR count). The van der Waals surface area contributed by atoms with Crippen molar-refractivity contribution in [2.45, 2.75) is 45.1 Å². The van der Waals surface area contributed by atoms with Crippen LogP contribution in [0.3, 0.4) is 0 Å². The van der Waals surface area contributed by atoms with Crippen molar-refractivity contribution in [3.05, 3.63) is 0 Å². The fraction of sp³-hybridized carbons (Fsp3) is 0.933. The molecular weight excluding hydrogens is 238 g/mol. The van der Waals surface area contributed by atoms with E-state index < -0.39 is 0 Å². The van der Waals surface area contributed by atoms with Crippen molar-refractivity contribution in [3.8, 4) is 0 Å². The van der Waals surface area contributed by atoms with Gasteiger partial charge < -0.3 is 15.5 Å². The average molecular weight is 267 g/mol. The Labute approximate surface area is 117 Å². The minimum atomic E-state index is 0.323. The minimum absolute atomic E-state index is 0.323. The zero-order valence-electron chi connectivity index (χ0n) is 12.5. The first-order valence-electron chi connectivity index (χ1n) is 7.83. The Kier molecular flexibility index (Phi) is 5.22. The van der Waals surface area contributed by atoms with Crippen LogP contribution in [0, 0.1) is 11.8 Å². The fourth-order valence-corrected chi connectivity index (χ4v) is 3.65. The Morgan fingerprint density at radius 1 is 1.37 bits per heavy atom. The molecule has 0 saturated carbocycles. The molecule has 110 valence electrons. The van der Waals surface area contributed by atoms with Crippen LogP contribution in [-0.4, -0.2) is 55.0 Å². The first-order valence-corrected chi connectivity index (χ1v) is 7.83. The summed E-state index contributed by atoms with van der Waals surface area (Å²) in [6, 6.07) is 0.703. The third-order valence-electron chi connectivity index (χ3n) is 5.07. The van der Waals surface area contributed by atoms with Crippen molar-refractivity contribution in [3.63, 3.8) is 0 Å². The molecule has 4 nitrogen and oxygen atoms in total. The van der Waals surface area contributed by atoms with Crippen molar-refractivity contribution in [2.24, 2.45) is 17.6 Å². The van der Waals surface area contributed by atoms with E-state index in [-0.39, 0.29) is 0 Å². The number of rotatable bonds is 4. The van der Waals surface area contributed by atoms with Crippen molar-refractivity contribution in [1.29, 1.82) is 0 Å². The second-order valence-electron chi connectivity index (χ2n) is 6.29. The highest BCUT2D eigenvalue weighted by molar-refractivity contribution is 5.76. The van der Waals surface area contributed by atoms with Gasteiger partial charge in [-0.05, 0) is 51.2 Å². The average Bonchev–Trinajstić information content (AvgIpc) is 2.44. The number of piperidine rings is 2. The molecule has 3 unspecified atom stereocenters. The quantitative estimate of drug-likeness (QED) is 0.835. The molecule has 0 aromatic rings. The molecule has 0 aromatic heterocycles. The van der Waals surface area contributed by atoms with Gasteiger partial charge in [-0.1, -0.05) is 13.3 Å². The number of nitrogens with two attached hydrogens (primary N) is 1. The van der Waals surface area contributed by atoms with Crippen LogP contribution in [0.1, 0.15) is 39.0 Å². The van der Waals surface area contributed by atoms with Gasteiger partial charge in [0, 0.05) is 25.6 Å². The molecule has 2 heterocycles. The summed E-state index contributed by atoms with van der Waals surface area (Å²) in [6.45, 7) is 5.87. The molecule has 0 aromatic carbocycles. The topological polar surface area (TPSA) is 49.6 Å². The van der Waals surface area contributed by atoms with E-state index in [9.17, 15) is 4.79 Å². The van der Waals surface area contributed by atoms with Gasteiger partial charge in [-0.2, -0.15) is 0 Å². The van der Waals surface area contributed by atoms with Gasteiger partial charge in [0.2, 0.25) is 5.91 Å². The molecule has 4 heteroatoms. The van der Waals surface area contributed by atoms with Crippen LogP contribution in [0.2, 0.25) is 0 Å². The highest BCUT2D eigenvalue weighted by Gasteiger charge is 2.35. The Morgan fingerprint density at radius 3 is 2.84 bits per heavy atom. The maximum Gasteiger partial charge on any atom is 0.222 e. The lowest BCUT2D eigenvalue weighted by molar-refractivity contribution is -0.135. The van der Waals surface area contributed by atoms with Gasteiger partial charge in [0.25, 0.3) is 0 Å². The van der Waals surface area contributed by atoms with Crippen LogP contribution in [0.4, 0.5) is 0 Å². The van der Waals surface area contributed by atoms with Crippen LogP contribution < -0.4 is 5.73 Å². The predicted molar refractivity (Wildman–Crippen MR) is 77.8 cm³/mol. The van der Waals surface area contributed by atoms with E-state index in [1.54, 1.807) is 0 Å². The highest BCUT2D eigenvalue weighted by atomic mass is 16.2. The first kappa shape index (κ1) is 14.8. The molecule has 1 amide bonds. The zero-order valence-corrected chi connectivity index (χ0v) is 12.5. The Hall–Kier alpha value is -0.610. The normalized spacial score (nSPS) is 29.9. The van der Waals surface area contributed by atoms with Gasteiger partial charge in [0.05, 0.1) is 0 Å². The fourth-order valence-electron chi connectivity index (χ4n) is 3.65. The van der Waals surface area contributed by atoms with Crippen LogP contribution in [-0.2, 0) is 4.79 Å². The van der Waals surface area contributed by atoms with Crippen molar-refractivity contribution >= 4 is 5.91 Å². The molecule has 0 aliphatic carbocycles. The summed E-state index contributed by atoms with van der Waals surface area (Å²) in [5, 5.41) is 0. The number of likely N-dealkylation sites (tertiary alicyclic amines) is 2. The van der Waals surface area contributed by atoms with Gasteiger partial charge in [-0.25, -0.2) is 0 Å². The second kappa shape index (κ2) is 6.71. The summed E-state index contributed by atoms with van der Waals surface area (Å²) in [5.74, 6) is 1.37. The van der Waals surface area contributed by atoms with Gasteiger partial charge in [-0.15, -0.1) is 0 Å². The molecule has 0 spiro atoms. The van der Waals surface area contributed by atoms with Crippen LogP contribution in [0.15, 0.2) is 0 Å². The number of hydrogen-bond donors (Lipinski definition) is 1. The van der Waals surface area contributed by atoms with E-state index in [4.69, 9.17) is 5.73 Å². The molecular formula is C15H29N3O. The summed E-state index contributed by atoms with van der Waals surface area (Å²) in [5.41, 5.74) is 5.71. The largest absolute Gasteiger partial charge is 0.342 e. The molecule has 0 bridgehead atoms. The van der Waals surface area contributed by atoms with E-state index in [1.807, 2.05) is 0 Å². The number of hydrogen-bond acceptors (Lipinski definition) is 3. The van der Waals surface area contributed by atoms with Crippen molar-refractivity contribution in [1.82, 2.24) is 9.80 Å². The monoisotopic (exact) mass is 267 g/mol. The highest BCUT2D eigenvalue weighted by Crippen LogP contribution is 2.30. The Bertz CT molecular complexity index is 304. The van der Waals surface area contributed by atoms with E-state index in [0.717, 1.165) is 25.9 Å². The standard InChI is InChI=1S/C15H29N3O/c1-3-12(10-16)9-15(19)18-8-6-14-13(11-18)5-4-7-17(14)2/h12-14H,3-11,16H2,1-2H3. The lowest BCUT2D eigenvalue weighted by atomic mass is 9.84. The van der Waals surface area contributed by atoms with Gasteiger partial charge >= 0.3 is 0 Å². The molecule has 19 heavy (non-hydrogen) atoms. The summed E-state index contributed by atoms with van der Waals surface area (Å²) in [6.07, 6.45) is 5.35. The summed E-state index contributed by atoms with van der Waals surface area (Å²) in [7, 11) is 2.23. The molecule has 2 aliphatic heterocycles. The van der Waals surface area contributed by atoms with E-state index in [1.165, 1.54) is 19.4 Å². The van der Waals surface area contributed by atoms with Crippen molar-refractivity contribution in [2.75, 3.05) is 33.2 Å². The number of carbonyl (C=O) groups is 1. The first-order chi connectivity index (χ1) is 9.15. The molecule has 2 fully saturated rings. The van der Waals surface area contributed by atoms with E-state index >= 15 is 0 Å². The third kappa shape index (κ3) is 3.48. The van der Waals surface area contributed by atoms with E-state index in [2.05, 4.69) is 23.8 Å². The number of fused-ring (bicyclic) bond motifs is 1. The van der Waals surface area contributed by atoms with Crippen molar-refractivity contribution < 1.29 is 4.79 Å². The number of carbonyl (C=O) groups excluding carboxylic acids is 1. The van der Waals surface area contributed by atoms with E-state index in [0.29, 0.717) is 36.8 Å². The minimum Gasteiger partial charge on any atom is -0.342 e. The molecule has 2 saturated heterocycles. The SMILES string of the molecule is CCC(CN)CC(=O)N1CCC2C(CCCN2C)C1. The molecule has 2 N–H and O–H groups in total. The van der Waals surface area contributed by atoms with Crippen LogP contribution in [0.25, 0.3) is 0 Å². The summed E-state index contributed by atoms with van der Waals surface area (Å²) >= 11 is 0. The predicted octanol–water partition coefficient (Wildman–Crippen LogP) is 1.30. The van der Waals surface area contributed by atoms with Gasteiger partial charge in [-0.3, -0.25) is 4.79 Å². The molecule has 2 aliphatic rings. The smallest absolute Gasteiger partial charge is 0.222 e. The van der Waals surface area contributed by atoms with Gasteiger partial charge in [0.1, 0.15) is 0 Å². The van der Waals surface area contributed by atoms with Gasteiger partial charge in [0.15, 0.2) is 0 Å². The lowest BCUT2D eigenvalue weighted by Crippen LogP contribution is -2.54. The number of nitrogens with zero attached hydrogens (tertiary/aromatic N) is 2. The number of amides is 1. The Balaban J connectivity index is 1.88. The zero-order chi connectivity index (χ0) is 13.8. The maximum absolute atomic E-state index is 12.3. The second-order valence-corrected chi connectivity index (χ2v) is 6.29. The summed E-state index contributed by atoms with van der Waals surface area (Å²) in [4.78, 5) is 16.9. The maximum atomic E-state index is 12.3. The van der Waals surface area contributed by atoms with Crippen LogP contribution >= 0.6 is 0 Å². The van der Waals surface area contributed by atoms with Crippen LogP contribution in [0.5, 0.6) is 0 Å². The Morgan fingerprint density at radius 2 is 2.16 bits per heavy atom. The summed E-state index contributed by atoms with van der Waals surface area (Å²) < 4.78 is 0. The third-order valence-corrected chi connectivity index (χ3v) is 5.07. The molecule has 3 atom stereocenters. The molecule has 0 radical (unpaired) electrons.